The van der Waals surface area contributed by atoms with E-state index < -0.39 is 0 Å². The van der Waals surface area contributed by atoms with Gasteiger partial charge in [-0.2, -0.15) is 0 Å². The fourth-order valence-electron chi connectivity index (χ4n) is 2.22. The van der Waals surface area contributed by atoms with Crippen LogP contribution >= 0.6 is 0 Å². The molecule has 0 saturated heterocycles. The normalized spacial score (nSPS) is 19.3. The minimum absolute atomic E-state index is 0.0441. The van der Waals surface area contributed by atoms with E-state index in [2.05, 4.69) is 10.3 Å². The lowest BCUT2D eigenvalue weighted by molar-refractivity contribution is 0.162. The van der Waals surface area contributed by atoms with Crippen molar-refractivity contribution >= 4 is 0 Å². The van der Waals surface area contributed by atoms with Crippen molar-refractivity contribution in [1.29, 1.82) is 0 Å². The van der Waals surface area contributed by atoms with Gasteiger partial charge in [0.1, 0.15) is 0 Å². The summed E-state index contributed by atoms with van der Waals surface area (Å²) < 4.78 is 0. The van der Waals surface area contributed by atoms with Gasteiger partial charge in [0.25, 0.3) is 0 Å². The molecule has 0 spiro atoms. The quantitative estimate of drug-likeness (QED) is 0.784. The summed E-state index contributed by atoms with van der Waals surface area (Å²) in [6.45, 7) is 0.987. The molecule has 0 atom stereocenters. The van der Waals surface area contributed by atoms with Crippen LogP contribution in [-0.2, 0) is 6.54 Å². The highest BCUT2D eigenvalue weighted by atomic mass is 16.3. The largest absolute Gasteiger partial charge is 0.394 e. The van der Waals surface area contributed by atoms with Crippen LogP contribution < -0.4 is 5.32 Å². The number of aromatic nitrogens is 1. The smallest absolute Gasteiger partial charge is 0.0613 e. The first-order valence-corrected chi connectivity index (χ1v) is 5.60. The first-order chi connectivity index (χ1) is 7.35. The predicted octanol–water partition coefficient (Wildman–Crippen LogP) is 1.48. The molecule has 0 unspecified atom stereocenters. The summed E-state index contributed by atoms with van der Waals surface area (Å²) in [5.41, 5.74) is 0.995. The summed E-state index contributed by atoms with van der Waals surface area (Å²) >= 11 is 0. The van der Waals surface area contributed by atoms with E-state index in [1.54, 1.807) is 6.20 Å². The maximum Gasteiger partial charge on any atom is 0.0613 e. The third kappa shape index (κ3) is 2.55. The van der Waals surface area contributed by atoms with Gasteiger partial charge in [-0.1, -0.05) is 18.9 Å². The summed E-state index contributed by atoms with van der Waals surface area (Å²) in [6, 6.07) is 5.91. The van der Waals surface area contributed by atoms with Gasteiger partial charge in [0.2, 0.25) is 0 Å². The van der Waals surface area contributed by atoms with Crippen LogP contribution in [0.25, 0.3) is 0 Å². The second kappa shape index (κ2) is 4.73. The monoisotopic (exact) mass is 206 g/mol. The van der Waals surface area contributed by atoms with E-state index in [4.69, 9.17) is 0 Å². The average Bonchev–Trinajstić information content (AvgIpc) is 2.77. The predicted molar refractivity (Wildman–Crippen MR) is 59.4 cm³/mol. The standard InChI is InChI=1S/C12H18N2O/c15-10-12(6-2-3-7-12)14-9-11-5-1-4-8-13-11/h1,4-5,8,14-15H,2-3,6-7,9-10H2. The van der Waals surface area contributed by atoms with Gasteiger partial charge in [-0.3, -0.25) is 4.98 Å². The lowest BCUT2D eigenvalue weighted by Gasteiger charge is -2.27. The number of pyridine rings is 1. The number of nitrogens with zero attached hydrogens (tertiary/aromatic N) is 1. The van der Waals surface area contributed by atoms with Gasteiger partial charge in [-0.25, -0.2) is 0 Å². The molecule has 82 valence electrons. The van der Waals surface area contributed by atoms with Crippen LogP contribution in [0.2, 0.25) is 0 Å². The van der Waals surface area contributed by atoms with E-state index in [1.807, 2.05) is 18.2 Å². The number of rotatable bonds is 4. The van der Waals surface area contributed by atoms with E-state index in [-0.39, 0.29) is 12.1 Å². The molecule has 1 aliphatic carbocycles. The van der Waals surface area contributed by atoms with Crippen LogP contribution in [0.15, 0.2) is 24.4 Å². The molecule has 3 heteroatoms. The Balaban J connectivity index is 1.92. The summed E-state index contributed by atoms with van der Waals surface area (Å²) in [5, 5.41) is 12.9. The van der Waals surface area contributed by atoms with Crippen molar-refractivity contribution in [2.45, 2.75) is 37.8 Å². The molecule has 15 heavy (non-hydrogen) atoms. The van der Waals surface area contributed by atoms with E-state index in [0.29, 0.717) is 0 Å². The molecule has 0 bridgehead atoms. The summed E-state index contributed by atoms with van der Waals surface area (Å²) in [7, 11) is 0. The number of aliphatic hydroxyl groups excluding tert-OH is 1. The fraction of sp³-hybridized carbons (Fsp3) is 0.583. The van der Waals surface area contributed by atoms with E-state index >= 15 is 0 Å². The summed E-state index contributed by atoms with van der Waals surface area (Å²) in [4.78, 5) is 4.26. The average molecular weight is 206 g/mol. The van der Waals surface area contributed by atoms with Crippen molar-refractivity contribution in [2.75, 3.05) is 6.61 Å². The first-order valence-electron chi connectivity index (χ1n) is 5.60. The van der Waals surface area contributed by atoms with Gasteiger partial charge in [0.05, 0.1) is 12.3 Å². The van der Waals surface area contributed by atoms with Crippen LogP contribution in [0.5, 0.6) is 0 Å². The number of nitrogens with one attached hydrogen (secondary N) is 1. The highest BCUT2D eigenvalue weighted by Gasteiger charge is 2.32. The van der Waals surface area contributed by atoms with Crippen LogP contribution in [0.1, 0.15) is 31.4 Å². The minimum atomic E-state index is -0.0441. The second-order valence-electron chi connectivity index (χ2n) is 4.32. The van der Waals surface area contributed by atoms with E-state index in [0.717, 1.165) is 25.1 Å². The summed E-state index contributed by atoms with van der Waals surface area (Å²) in [6.07, 6.45) is 6.40. The number of aliphatic hydroxyl groups is 1. The molecule has 1 aliphatic rings. The lowest BCUT2D eigenvalue weighted by Crippen LogP contribution is -2.45. The minimum Gasteiger partial charge on any atom is -0.394 e. The Hall–Kier alpha value is -0.930. The van der Waals surface area contributed by atoms with Crippen LogP contribution in [0, 0.1) is 0 Å². The third-order valence-electron chi connectivity index (χ3n) is 3.23. The Kier molecular flexibility index (Phi) is 3.34. The Morgan fingerprint density at radius 2 is 2.13 bits per heavy atom. The lowest BCUT2D eigenvalue weighted by atomic mass is 9.99. The maximum absolute atomic E-state index is 9.41. The molecule has 0 radical (unpaired) electrons. The van der Waals surface area contributed by atoms with Gasteiger partial charge in [0, 0.05) is 18.3 Å². The Bertz CT molecular complexity index is 294. The molecule has 0 aromatic carbocycles. The Morgan fingerprint density at radius 3 is 2.73 bits per heavy atom. The maximum atomic E-state index is 9.41. The van der Waals surface area contributed by atoms with Crippen LogP contribution in [0.3, 0.4) is 0 Å². The van der Waals surface area contributed by atoms with Crippen molar-refractivity contribution in [2.24, 2.45) is 0 Å². The highest BCUT2D eigenvalue weighted by Crippen LogP contribution is 2.29. The molecule has 1 heterocycles. The molecule has 2 N–H and O–H groups in total. The molecular formula is C12H18N2O. The molecular weight excluding hydrogens is 188 g/mol. The molecule has 0 aliphatic heterocycles. The van der Waals surface area contributed by atoms with Crippen LogP contribution in [0.4, 0.5) is 0 Å². The van der Waals surface area contributed by atoms with Gasteiger partial charge >= 0.3 is 0 Å². The molecule has 3 nitrogen and oxygen atoms in total. The van der Waals surface area contributed by atoms with E-state index in [9.17, 15) is 5.11 Å². The van der Waals surface area contributed by atoms with Crippen molar-refractivity contribution in [3.8, 4) is 0 Å². The highest BCUT2D eigenvalue weighted by molar-refractivity contribution is 5.04. The van der Waals surface area contributed by atoms with Crippen molar-refractivity contribution < 1.29 is 5.11 Å². The van der Waals surface area contributed by atoms with Crippen molar-refractivity contribution in [3.05, 3.63) is 30.1 Å². The fourth-order valence-corrected chi connectivity index (χ4v) is 2.22. The SMILES string of the molecule is OCC1(NCc2ccccn2)CCCC1. The van der Waals surface area contributed by atoms with Crippen LogP contribution in [-0.4, -0.2) is 22.2 Å². The molecule has 1 saturated carbocycles. The van der Waals surface area contributed by atoms with Gasteiger partial charge in [-0.15, -0.1) is 0 Å². The third-order valence-corrected chi connectivity index (χ3v) is 3.23. The van der Waals surface area contributed by atoms with Crippen molar-refractivity contribution in [1.82, 2.24) is 10.3 Å². The van der Waals surface area contributed by atoms with Gasteiger partial charge in [0.15, 0.2) is 0 Å². The zero-order chi connectivity index (χ0) is 10.6. The Morgan fingerprint density at radius 1 is 1.33 bits per heavy atom. The van der Waals surface area contributed by atoms with Crippen molar-refractivity contribution in [3.63, 3.8) is 0 Å². The Labute approximate surface area is 90.5 Å². The summed E-state index contributed by atoms with van der Waals surface area (Å²) in [5.74, 6) is 0. The van der Waals surface area contributed by atoms with Gasteiger partial charge < -0.3 is 10.4 Å². The zero-order valence-electron chi connectivity index (χ0n) is 8.95. The molecule has 1 fully saturated rings. The number of hydrogen-bond donors (Lipinski definition) is 2. The first kappa shape index (κ1) is 10.6. The molecule has 1 aromatic rings. The van der Waals surface area contributed by atoms with Gasteiger partial charge in [-0.05, 0) is 25.0 Å². The molecule has 1 aromatic heterocycles. The second-order valence-corrected chi connectivity index (χ2v) is 4.32. The number of hydrogen-bond acceptors (Lipinski definition) is 3. The molecule has 0 amide bonds. The van der Waals surface area contributed by atoms with E-state index in [1.165, 1.54) is 12.8 Å². The topological polar surface area (TPSA) is 45.1 Å². The zero-order valence-corrected chi connectivity index (χ0v) is 8.95. The molecule has 2 rings (SSSR count).